The van der Waals surface area contributed by atoms with Crippen molar-refractivity contribution in [2.24, 2.45) is 7.05 Å². The second kappa shape index (κ2) is 10.9. The summed E-state index contributed by atoms with van der Waals surface area (Å²) in [6, 6.07) is 19.2. The van der Waals surface area contributed by atoms with Crippen LogP contribution in [0.5, 0.6) is 0 Å². The van der Waals surface area contributed by atoms with Crippen LogP contribution in [0, 0.1) is 6.92 Å². The highest BCUT2D eigenvalue weighted by Gasteiger charge is 2.18. The summed E-state index contributed by atoms with van der Waals surface area (Å²) in [6.07, 6.45) is 0. The Labute approximate surface area is 191 Å². The average Bonchev–Trinajstić information content (AvgIpc) is 3.01. The van der Waals surface area contributed by atoms with Crippen molar-refractivity contribution in [2.45, 2.75) is 19.8 Å². The number of anilines is 1. The molecule has 1 unspecified atom stereocenters. The molecule has 0 spiro atoms. The molecule has 2 amide bonds. The molecule has 2 aromatic carbocycles. The first-order valence-electron chi connectivity index (χ1n) is 10.4. The molecular weight excluding hydrogens is 424 g/mol. The van der Waals surface area contributed by atoms with Crippen molar-refractivity contribution in [3.63, 3.8) is 0 Å². The topological polar surface area (TPSA) is 85.1 Å². The maximum Gasteiger partial charge on any atom is 0.295 e. The molecule has 0 aliphatic heterocycles. The average molecular weight is 453 g/mol. The number of carbonyl (C=O) groups is 2. The summed E-state index contributed by atoms with van der Waals surface area (Å²) in [5, 5.41) is 5.61. The van der Waals surface area contributed by atoms with Crippen LogP contribution in [0.4, 0.5) is 5.69 Å². The SMILES string of the molecule is Cc1c(NC(=O)CSCC(=O)NCC(C)c2ccccc2)c(=O)n(-c2ccccc2)n1C. The molecule has 168 valence electrons. The maximum absolute atomic E-state index is 12.9. The van der Waals surface area contributed by atoms with Crippen LogP contribution in [0.3, 0.4) is 0 Å². The minimum atomic E-state index is -0.313. The second-order valence-corrected chi connectivity index (χ2v) is 8.58. The number of hydrogen-bond donors (Lipinski definition) is 2. The van der Waals surface area contributed by atoms with E-state index in [1.54, 1.807) is 18.7 Å². The van der Waals surface area contributed by atoms with Crippen LogP contribution in [0.25, 0.3) is 5.69 Å². The normalized spacial score (nSPS) is 11.7. The summed E-state index contributed by atoms with van der Waals surface area (Å²) in [7, 11) is 1.77. The molecule has 0 aliphatic carbocycles. The van der Waals surface area contributed by atoms with E-state index >= 15 is 0 Å². The first-order valence-corrected chi connectivity index (χ1v) is 11.6. The van der Waals surface area contributed by atoms with Crippen LogP contribution < -0.4 is 16.2 Å². The molecule has 0 saturated carbocycles. The molecule has 0 saturated heterocycles. The Kier molecular flexibility index (Phi) is 7.94. The van der Waals surface area contributed by atoms with Crippen LogP contribution >= 0.6 is 11.8 Å². The predicted molar refractivity (Wildman–Crippen MR) is 130 cm³/mol. The van der Waals surface area contributed by atoms with E-state index in [2.05, 4.69) is 17.6 Å². The van der Waals surface area contributed by atoms with E-state index in [0.29, 0.717) is 12.2 Å². The number of para-hydroxylation sites is 1. The summed E-state index contributed by atoms with van der Waals surface area (Å²) in [5.41, 5.74) is 2.51. The number of aromatic nitrogens is 2. The Hall–Kier alpha value is -3.26. The largest absolute Gasteiger partial charge is 0.355 e. The molecule has 3 aromatic rings. The number of thioether (sulfide) groups is 1. The van der Waals surface area contributed by atoms with E-state index in [0.717, 1.165) is 5.69 Å². The van der Waals surface area contributed by atoms with Crippen molar-refractivity contribution in [1.29, 1.82) is 0 Å². The van der Waals surface area contributed by atoms with Gasteiger partial charge in [-0.05, 0) is 30.5 Å². The van der Waals surface area contributed by atoms with E-state index in [1.807, 2.05) is 60.7 Å². The molecule has 0 bridgehead atoms. The zero-order valence-electron chi connectivity index (χ0n) is 18.5. The molecular formula is C24H28N4O3S. The van der Waals surface area contributed by atoms with Crippen LogP contribution in [0.15, 0.2) is 65.5 Å². The zero-order valence-corrected chi connectivity index (χ0v) is 19.3. The Morgan fingerprint density at radius 2 is 1.56 bits per heavy atom. The number of amides is 2. The van der Waals surface area contributed by atoms with Crippen molar-refractivity contribution in [3.8, 4) is 5.69 Å². The lowest BCUT2D eigenvalue weighted by Gasteiger charge is -2.13. The molecule has 8 heteroatoms. The van der Waals surface area contributed by atoms with Gasteiger partial charge in [-0.3, -0.25) is 19.1 Å². The van der Waals surface area contributed by atoms with Crippen molar-refractivity contribution >= 4 is 29.3 Å². The van der Waals surface area contributed by atoms with Crippen LogP contribution in [-0.2, 0) is 16.6 Å². The minimum Gasteiger partial charge on any atom is -0.355 e. The van der Waals surface area contributed by atoms with Gasteiger partial charge in [0.2, 0.25) is 11.8 Å². The van der Waals surface area contributed by atoms with Gasteiger partial charge in [0.05, 0.1) is 22.9 Å². The van der Waals surface area contributed by atoms with Gasteiger partial charge < -0.3 is 10.6 Å². The Balaban J connectivity index is 1.49. The lowest BCUT2D eigenvalue weighted by Crippen LogP contribution is -2.29. The van der Waals surface area contributed by atoms with E-state index in [9.17, 15) is 14.4 Å². The Morgan fingerprint density at radius 1 is 0.969 bits per heavy atom. The molecule has 0 aliphatic rings. The fraction of sp³-hybridized carbons (Fsp3) is 0.292. The standard InChI is InChI=1S/C24H28N4O3S/c1-17(19-10-6-4-7-11-19)14-25-21(29)15-32-16-22(30)26-23-18(2)27(3)28(24(23)31)20-12-8-5-9-13-20/h4-13,17H,14-16H2,1-3H3,(H,25,29)(H,26,30). The van der Waals surface area contributed by atoms with Crippen molar-refractivity contribution in [3.05, 3.63) is 82.3 Å². The fourth-order valence-electron chi connectivity index (χ4n) is 3.34. The van der Waals surface area contributed by atoms with Crippen LogP contribution in [0.1, 0.15) is 24.1 Å². The Morgan fingerprint density at radius 3 is 2.22 bits per heavy atom. The van der Waals surface area contributed by atoms with E-state index in [4.69, 9.17) is 0 Å². The van der Waals surface area contributed by atoms with E-state index in [-0.39, 0.29) is 40.5 Å². The molecule has 32 heavy (non-hydrogen) atoms. The highest BCUT2D eigenvalue weighted by atomic mass is 32.2. The number of nitrogens with one attached hydrogen (secondary N) is 2. The number of nitrogens with zero attached hydrogens (tertiary/aromatic N) is 2. The van der Waals surface area contributed by atoms with Gasteiger partial charge in [0.15, 0.2) is 0 Å². The molecule has 2 N–H and O–H groups in total. The molecule has 0 radical (unpaired) electrons. The van der Waals surface area contributed by atoms with Gasteiger partial charge in [0.25, 0.3) is 5.56 Å². The van der Waals surface area contributed by atoms with Gasteiger partial charge in [0.1, 0.15) is 5.69 Å². The maximum atomic E-state index is 12.9. The third-order valence-corrected chi connectivity index (χ3v) is 6.19. The van der Waals surface area contributed by atoms with Gasteiger partial charge in [-0.1, -0.05) is 55.5 Å². The van der Waals surface area contributed by atoms with E-state index < -0.39 is 0 Å². The lowest BCUT2D eigenvalue weighted by atomic mass is 10.0. The number of hydrogen-bond acceptors (Lipinski definition) is 4. The molecule has 3 rings (SSSR count). The zero-order chi connectivity index (χ0) is 23.1. The van der Waals surface area contributed by atoms with E-state index in [1.165, 1.54) is 22.0 Å². The number of rotatable bonds is 9. The monoisotopic (exact) mass is 452 g/mol. The highest BCUT2D eigenvalue weighted by Crippen LogP contribution is 2.15. The molecule has 1 atom stereocenters. The van der Waals surface area contributed by atoms with Crippen LogP contribution in [0.2, 0.25) is 0 Å². The highest BCUT2D eigenvalue weighted by molar-refractivity contribution is 8.00. The summed E-state index contributed by atoms with van der Waals surface area (Å²) < 4.78 is 3.22. The first kappa shape index (κ1) is 23.4. The van der Waals surface area contributed by atoms with Gasteiger partial charge in [0, 0.05) is 13.6 Å². The minimum absolute atomic E-state index is 0.0841. The smallest absolute Gasteiger partial charge is 0.295 e. The van der Waals surface area contributed by atoms with Crippen LogP contribution in [-0.4, -0.2) is 39.2 Å². The number of carbonyl (C=O) groups excluding carboxylic acids is 2. The number of benzene rings is 2. The summed E-state index contributed by atoms with van der Waals surface area (Å²) in [5.74, 6) is 0.0400. The second-order valence-electron chi connectivity index (χ2n) is 7.59. The third-order valence-electron chi connectivity index (χ3n) is 5.26. The van der Waals surface area contributed by atoms with Gasteiger partial charge >= 0.3 is 0 Å². The van der Waals surface area contributed by atoms with Gasteiger partial charge in [-0.25, -0.2) is 4.68 Å². The molecule has 7 nitrogen and oxygen atoms in total. The quantitative estimate of drug-likeness (QED) is 0.523. The summed E-state index contributed by atoms with van der Waals surface area (Å²) in [4.78, 5) is 37.3. The summed E-state index contributed by atoms with van der Waals surface area (Å²) >= 11 is 1.22. The van der Waals surface area contributed by atoms with Gasteiger partial charge in [-0.15, -0.1) is 11.8 Å². The van der Waals surface area contributed by atoms with Crippen molar-refractivity contribution in [1.82, 2.24) is 14.7 Å². The third kappa shape index (κ3) is 5.70. The Bertz CT molecular complexity index is 1120. The lowest BCUT2D eigenvalue weighted by molar-refractivity contribution is -0.118. The predicted octanol–water partition coefficient (Wildman–Crippen LogP) is 3.08. The molecule has 1 aromatic heterocycles. The molecule has 1 heterocycles. The first-order chi connectivity index (χ1) is 15.4. The fourth-order valence-corrected chi connectivity index (χ4v) is 3.99. The van der Waals surface area contributed by atoms with Gasteiger partial charge in [-0.2, -0.15) is 0 Å². The van der Waals surface area contributed by atoms with Crippen molar-refractivity contribution < 1.29 is 9.59 Å². The summed E-state index contributed by atoms with van der Waals surface area (Å²) in [6.45, 7) is 4.38. The van der Waals surface area contributed by atoms with Crippen molar-refractivity contribution in [2.75, 3.05) is 23.4 Å². The molecule has 0 fully saturated rings.